The number of primary sulfonamides is 1. The quantitative estimate of drug-likeness (QED) is 0.478. The summed E-state index contributed by atoms with van der Waals surface area (Å²) in [5.74, 6) is 1.62. The van der Waals surface area contributed by atoms with E-state index in [1.54, 1.807) is 24.3 Å². The van der Waals surface area contributed by atoms with Crippen LogP contribution in [0.25, 0.3) is 11.3 Å². The molecule has 3 rings (SSSR count). The molecule has 0 aliphatic carbocycles. The van der Waals surface area contributed by atoms with Gasteiger partial charge in [-0.25, -0.2) is 24.0 Å². The lowest BCUT2D eigenvalue weighted by Gasteiger charge is -2.00. The SMILES string of the molecule is CC(C)c1nc(C#N)c(N/N=C\c2ccc(-c3ccc(S(N)(=O)=O)cc3)o2)o1. The van der Waals surface area contributed by atoms with E-state index in [0.29, 0.717) is 23.0 Å². The van der Waals surface area contributed by atoms with Crippen LogP contribution in [0.1, 0.15) is 37.1 Å². The van der Waals surface area contributed by atoms with Crippen LogP contribution in [0.3, 0.4) is 0 Å². The van der Waals surface area contributed by atoms with Crippen molar-refractivity contribution >= 4 is 22.1 Å². The lowest BCUT2D eigenvalue weighted by atomic mass is 10.2. The van der Waals surface area contributed by atoms with Crippen LogP contribution in [0.2, 0.25) is 0 Å². The summed E-state index contributed by atoms with van der Waals surface area (Å²) in [5, 5.41) is 18.2. The highest BCUT2D eigenvalue weighted by Crippen LogP contribution is 2.24. The fourth-order valence-electron chi connectivity index (χ4n) is 2.28. The fourth-order valence-corrected chi connectivity index (χ4v) is 2.79. The molecule has 3 aromatic rings. The van der Waals surface area contributed by atoms with Crippen molar-refractivity contribution in [2.75, 3.05) is 5.43 Å². The second-order valence-electron chi connectivity index (χ2n) is 6.14. The minimum Gasteiger partial charge on any atom is -0.455 e. The number of aromatic nitrogens is 1. The van der Waals surface area contributed by atoms with Crippen LogP contribution in [-0.4, -0.2) is 19.6 Å². The first-order valence-electron chi connectivity index (χ1n) is 8.21. The van der Waals surface area contributed by atoms with Gasteiger partial charge in [-0.15, -0.1) is 0 Å². The normalized spacial score (nSPS) is 11.8. The summed E-state index contributed by atoms with van der Waals surface area (Å²) in [5.41, 5.74) is 3.44. The van der Waals surface area contributed by atoms with E-state index < -0.39 is 10.0 Å². The van der Waals surface area contributed by atoms with Gasteiger partial charge in [0.05, 0.1) is 11.1 Å². The third-order valence-corrected chi connectivity index (χ3v) is 4.62. The Balaban J connectivity index is 1.72. The van der Waals surface area contributed by atoms with Crippen LogP contribution in [0.4, 0.5) is 5.88 Å². The Morgan fingerprint density at radius 1 is 1.21 bits per heavy atom. The maximum absolute atomic E-state index is 11.3. The minimum atomic E-state index is -3.74. The van der Waals surface area contributed by atoms with E-state index in [1.165, 1.54) is 18.3 Å². The third-order valence-electron chi connectivity index (χ3n) is 3.70. The first-order valence-corrected chi connectivity index (χ1v) is 9.75. The molecule has 0 saturated heterocycles. The molecule has 144 valence electrons. The van der Waals surface area contributed by atoms with Gasteiger partial charge in [0.1, 0.15) is 17.6 Å². The van der Waals surface area contributed by atoms with Gasteiger partial charge in [-0.2, -0.15) is 10.4 Å². The number of furan rings is 1. The zero-order valence-corrected chi connectivity index (χ0v) is 15.9. The lowest BCUT2D eigenvalue weighted by Crippen LogP contribution is -2.11. The smallest absolute Gasteiger partial charge is 0.252 e. The molecule has 0 amide bonds. The third kappa shape index (κ3) is 4.28. The predicted octanol–water partition coefficient (Wildman–Crippen LogP) is 3.02. The molecule has 9 nitrogen and oxygen atoms in total. The minimum absolute atomic E-state index is 0.0231. The van der Waals surface area contributed by atoms with Crippen LogP contribution >= 0.6 is 0 Å². The van der Waals surface area contributed by atoms with E-state index in [4.69, 9.17) is 19.2 Å². The van der Waals surface area contributed by atoms with Crippen LogP contribution in [0, 0.1) is 11.3 Å². The molecule has 0 saturated carbocycles. The summed E-state index contributed by atoms with van der Waals surface area (Å²) in [7, 11) is -3.74. The molecule has 0 unspecified atom stereocenters. The average molecular weight is 399 g/mol. The van der Waals surface area contributed by atoms with E-state index in [1.807, 2.05) is 19.9 Å². The fraction of sp³-hybridized carbons (Fsp3) is 0.167. The van der Waals surface area contributed by atoms with Crippen molar-refractivity contribution in [3.05, 3.63) is 53.7 Å². The molecular weight excluding hydrogens is 382 g/mol. The Kier molecular flexibility index (Phi) is 5.30. The van der Waals surface area contributed by atoms with Gasteiger partial charge in [-0.3, -0.25) is 0 Å². The topological polar surface area (TPSA) is 148 Å². The van der Waals surface area contributed by atoms with Gasteiger partial charge in [-0.05, 0) is 36.4 Å². The molecule has 28 heavy (non-hydrogen) atoms. The van der Waals surface area contributed by atoms with E-state index >= 15 is 0 Å². The van der Waals surface area contributed by atoms with E-state index in [9.17, 15) is 8.42 Å². The number of benzene rings is 1. The van der Waals surface area contributed by atoms with Gasteiger partial charge in [0.15, 0.2) is 0 Å². The Bertz CT molecular complexity index is 1150. The Hall–Kier alpha value is -3.42. The molecular formula is C18H17N5O4S. The van der Waals surface area contributed by atoms with Crippen LogP contribution < -0.4 is 10.6 Å². The second-order valence-corrected chi connectivity index (χ2v) is 7.70. The summed E-state index contributed by atoms with van der Waals surface area (Å²) in [6, 6.07) is 11.4. The molecule has 3 N–H and O–H groups in total. The van der Waals surface area contributed by atoms with Crippen molar-refractivity contribution in [3.8, 4) is 17.4 Å². The molecule has 0 aliphatic rings. The van der Waals surface area contributed by atoms with Gasteiger partial charge >= 0.3 is 0 Å². The van der Waals surface area contributed by atoms with Crippen molar-refractivity contribution in [2.45, 2.75) is 24.7 Å². The summed E-state index contributed by atoms with van der Waals surface area (Å²) in [6.45, 7) is 3.81. The summed E-state index contributed by atoms with van der Waals surface area (Å²) in [4.78, 5) is 4.11. The monoisotopic (exact) mass is 399 g/mol. The number of nitrogens with two attached hydrogens (primary N) is 1. The molecule has 0 bridgehead atoms. The van der Waals surface area contributed by atoms with Crippen molar-refractivity contribution in [3.63, 3.8) is 0 Å². The molecule has 0 atom stereocenters. The van der Waals surface area contributed by atoms with E-state index in [0.717, 1.165) is 0 Å². The number of anilines is 1. The highest BCUT2D eigenvalue weighted by atomic mass is 32.2. The largest absolute Gasteiger partial charge is 0.455 e. The number of hydrazone groups is 1. The van der Waals surface area contributed by atoms with Crippen molar-refractivity contribution < 1.29 is 17.3 Å². The molecule has 0 aliphatic heterocycles. The summed E-state index contributed by atoms with van der Waals surface area (Å²) in [6.07, 6.45) is 1.42. The maximum atomic E-state index is 11.3. The van der Waals surface area contributed by atoms with Gasteiger partial charge in [0.2, 0.25) is 21.6 Å². The van der Waals surface area contributed by atoms with Gasteiger partial charge in [0, 0.05) is 11.5 Å². The number of hydrogen-bond donors (Lipinski definition) is 2. The molecule has 0 spiro atoms. The first kappa shape index (κ1) is 19.3. The highest BCUT2D eigenvalue weighted by molar-refractivity contribution is 7.89. The standard InChI is InChI=1S/C18H17N5O4S/c1-11(2)17-22-15(9-19)18(27-17)23-21-10-13-5-8-16(26-13)12-3-6-14(7-4-12)28(20,24)25/h3-8,10-11,23H,1-2H3,(H2,20,24,25)/b21-10-. The number of nitrogens with one attached hydrogen (secondary N) is 1. The van der Waals surface area contributed by atoms with E-state index in [-0.39, 0.29) is 22.4 Å². The van der Waals surface area contributed by atoms with Crippen LogP contribution in [0.5, 0.6) is 0 Å². The van der Waals surface area contributed by atoms with Crippen molar-refractivity contribution in [1.29, 1.82) is 5.26 Å². The van der Waals surface area contributed by atoms with Crippen molar-refractivity contribution in [1.82, 2.24) is 4.98 Å². The zero-order valence-electron chi connectivity index (χ0n) is 15.1. The number of oxazole rings is 1. The van der Waals surface area contributed by atoms with Gasteiger partial charge < -0.3 is 8.83 Å². The molecule has 1 aromatic carbocycles. The molecule has 2 heterocycles. The molecule has 0 radical (unpaired) electrons. The Morgan fingerprint density at radius 3 is 2.54 bits per heavy atom. The zero-order chi connectivity index (χ0) is 20.3. The lowest BCUT2D eigenvalue weighted by molar-refractivity contribution is 0.481. The number of rotatable bonds is 6. The second kappa shape index (κ2) is 7.67. The first-order chi connectivity index (χ1) is 13.3. The summed E-state index contributed by atoms with van der Waals surface area (Å²) >= 11 is 0. The van der Waals surface area contributed by atoms with Gasteiger partial charge in [-0.1, -0.05) is 13.8 Å². The average Bonchev–Trinajstić information content (AvgIpc) is 3.28. The Labute approximate surface area is 161 Å². The van der Waals surface area contributed by atoms with Crippen LogP contribution in [-0.2, 0) is 10.0 Å². The van der Waals surface area contributed by atoms with Crippen molar-refractivity contribution in [2.24, 2.45) is 10.2 Å². The maximum Gasteiger partial charge on any atom is 0.252 e. The van der Waals surface area contributed by atoms with Gasteiger partial charge in [0.25, 0.3) is 5.88 Å². The predicted molar refractivity (Wildman–Crippen MR) is 102 cm³/mol. The molecule has 10 heteroatoms. The Morgan fingerprint density at radius 2 is 1.93 bits per heavy atom. The number of nitriles is 1. The van der Waals surface area contributed by atoms with E-state index in [2.05, 4.69) is 15.5 Å². The highest BCUT2D eigenvalue weighted by Gasteiger charge is 2.15. The number of sulfonamides is 1. The van der Waals surface area contributed by atoms with Crippen LogP contribution in [0.15, 0.2) is 55.2 Å². The summed E-state index contributed by atoms with van der Waals surface area (Å²) < 4.78 is 33.7. The number of hydrogen-bond acceptors (Lipinski definition) is 8. The molecule has 2 aromatic heterocycles. The molecule has 0 fully saturated rings. The number of nitrogens with zero attached hydrogens (tertiary/aromatic N) is 3.